The lowest BCUT2D eigenvalue weighted by molar-refractivity contribution is -0.135. The van der Waals surface area contributed by atoms with Crippen molar-refractivity contribution in [1.29, 1.82) is 0 Å². The number of halogens is 1. The van der Waals surface area contributed by atoms with E-state index in [1.807, 2.05) is 4.90 Å². The molecular weight excluding hydrogens is 276 g/mol. The summed E-state index contributed by atoms with van der Waals surface area (Å²) in [5, 5.41) is 0.652. The van der Waals surface area contributed by atoms with Crippen molar-refractivity contribution < 1.29 is 9.53 Å². The summed E-state index contributed by atoms with van der Waals surface area (Å²) in [5.74, 6) is 1.65. The first-order valence-corrected chi connectivity index (χ1v) is 7.34. The molecule has 0 aromatic heterocycles. The first kappa shape index (κ1) is 15.1. The Labute approximate surface area is 124 Å². The van der Waals surface area contributed by atoms with Crippen LogP contribution in [-0.4, -0.2) is 37.0 Å². The normalized spacial score (nSPS) is 22.6. The molecule has 0 bridgehead atoms. The lowest BCUT2D eigenvalue weighted by Crippen LogP contribution is -2.47. The number of carbonyl (C=O) groups excluding carboxylic acids is 1. The van der Waals surface area contributed by atoms with Crippen LogP contribution in [0.2, 0.25) is 5.02 Å². The fourth-order valence-electron chi connectivity index (χ4n) is 2.45. The van der Waals surface area contributed by atoms with Gasteiger partial charge in [-0.3, -0.25) is 4.79 Å². The summed E-state index contributed by atoms with van der Waals surface area (Å²) in [5.41, 5.74) is 5.75. The zero-order valence-electron chi connectivity index (χ0n) is 11.7. The average molecular weight is 297 g/mol. The van der Waals surface area contributed by atoms with Gasteiger partial charge in [-0.25, -0.2) is 0 Å². The molecule has 0 radical (unpaired) electrons. The number of nitrogens with zero attached hydrogens (tertiary/aromatic N) is 1. The first-order chi connectivity index (χ1) is 9.60. The van der Waals surface area contributed by atoms with Crippen LogP contribution in [0.1, 0.15) is 13.3 Å². The summed E-state index contributed by atoms with van der Waals surface area (Å²) in [6.07, 6.45) is 1.01. The van der Waals surface area contributed by atoms with Crippen molar-refractivity contribution in [3.8, 4) is 5.75 Å². The van der Waals surface area contributed by atoms with E-state index >= 15 is 0 Å². The van der Waals surface area contributed by atoms with Crippen molar-refractivity contribution in [3.63, 3.8) is 0 Å². The smallest absolute Gasteiger partial charge is 0.260 e. The molecule has 4 nitrogen and oxygen atoms in total. The molecule has 1 aromatic rings. The van der Waals surface area contributed by atoms with E-state index in [0.717, 1.165) is 19.5 Å². The van der Waals surface area contributed by atoms with E-state index in [-0.39, 0.29) is 12.5 Å². The summed E-state index contributed by atoms with van der Waals surface area (Å²) < 4.78 is 5.49. The second-order valence-corrected chi connectivity index (χ2v) is 5.78. The summed E-state index contributed by atoms with van der Waals surface area (Å²) in [6, 6.07) is 7.01. The molecule has 2 atom stereocenters. The second kappa shape index (κ2) is 6.95. The molecular formula is C15H21ClN2O2. The number of rotatable bonds is 4. The van der Waals surface area contributed by atoms with E-state index in [1.165, 1.54) is 0 Å². The molecule has 2 rings (SSSR count). The van der Waals surface area contributed by atoms with Crippen LogP contribution in [-0.2, 0) is 4.79 Å². The minimum Gasteiger partial charge on any atom is -0.484 e. The highest BCUT2D eigenvalue weighted by Gasteiger charge is 2.27. The highest BCUT2D eigenvalue weighted by Crippen LogP contribution is 2.22. The van der Waals surface area contributed by atoms with Gasteiger partial charge in [0.15, 0.2) is 6.61 Å². The third kappa shape index (κ3) is 3.87. The van der Waals surface area contributed by atoms with Gasteiger partial charge in [0.1, 0.15) is 5.75 Å². The van der Waals surface area contributed by atoms with E-state index in [1.54, 1.807) is 24.3 Å². The topological polar surface area (TPSA) is 55.6 Å². The van der Waals surface area contributed by atoms with E-state index in [0.29, 0.717) is 29.2 Å². The quantitative estimate of drug-likeness (QED) is 0.926. The van der Waals surface area contributed by atoms with Crippen molar-refractivity contribution >= 4 is 17.5 Å². The van der Waals surface area contributed by atoms with Gasteiger partial charge in [0.05, 0.1) is 0 Å². The standard InChI is InChI=1S/C15H21ClN2O2/c1-11-6-7-18(9-12(11)8-17)15(19)10-20-14-4-2-13(16)3-5-14/h2-5,11-12H,6-10,17H2,1H3. The minimum atomic E-state index is 0.0188. The maximum absolute atomic E-state index is 12.1. The monoisotopic (exact) mass is 296 g/mol. The Hall–Kier alpha value is -1.26. The van der Waals surface area contributed by atoms with Crippen molar-refractivity contribution in [2.75, 3.05) is 26.2 Å². The van der Waals surface area contributed by atoms with Gasteiger partial charge < -0.3 is 15.4 Å². The average Bonchev–Trinajstić information content (AvgIpc) is 2.47. The van der Waals surface area contributed by atoms with E-state index in [2.05, 4.69) is 6.92 Å². The van der Waals surface area contributed by atoms with Crippen LogP contribution in [0.25, 0.3) is 0 Å². The number of ether oxygens (including phenoxy) is 1. The van der Waals surface area contributed by atoms with Crippen LogP contribution in [0.3, 0.4) is 0 Å². The Morgan fingerprint density at radius 3 is 2.80 bits per heavy atom. The van der Waals surface area contributed by atoms with Crippen LogP contribution < -0.4 is 10.5 Å². The number of hydrogen-bond donors (Lipinski definition) is 1. The molecule has 1 heterocycles. The highest BCUT2D eigenvalue weighted by atomic mass is 35.5. The molecule has 2 N–H and O–H groups in total. The maximum atomic E-state index is 12.1. The number of amides is 1. The zero-order chi connectivity index (χ0) is 14.5. The van der Waals surface area contributed by atoms with E-state index < -0.39 is 0 Å². The number of carbonyl (C=O) groups is 1. The van der Waals surface area contributed by atoms with Crippen LogP contribution >= 0.6 is 11.6 Å². The van der Waals surface area contributed by atoms with Crippen LogP contribution in [0.5, 0.6) is 5.75 Å². The van der Waals surface area contributed by atoms with Gasteiger partial charge in [-0.1, -0.05) is 18.5 Å². The molecule has 1 amide bonds. The molecule has 1 aliphatic rings. The molecule has 1 saturated heterocycles. The molecule has 1 aromatic carbocycles. The molecule has 5 heteroatoms. The minimum absolute atomic E-state index is 0.0188. The van der Waals surface area contributed by atoms with Gasteiger partial charge in [-0.2, -0.15) is 0 Å². The predicted molar refractivity (Wildman–Crippen MR) is 79.9 cm³/mol. The van der Waals surface area contributed by atoms with Gasteiger partial charge >= 0.3 is 0 Å². The largest absolute Gasteiger partial charge is 0.484 e. The van der Waals surface area contributed by atoms with Gasteiger partial charge in [0.25, 0.3) is 5.91 Å². The van der Waals surface area contributed by atoms with Gasteiger partial charge in [0.2, 0.25) is 0 Å². The summed E-state index contributed by atoms with van der Waals surface area (Å²) >= 11 is 5.80. The molecule has 2 unspecified atom stereocenters. The molecule has 0 saturated carbocycles. The molecule has 0 aliphatic carbocycles. The zero-order valence-corrected chi connectivity index (χ0v) is 12.5. The number of likely N-dealkylation sites (tertiary alicyclic amines) is 1. The van der Waals surface area contributed by atoms with Crippen LogP contribution in [0.15, 0.2) is 24.3 Å². The third-order valence-corrected chi connectivity index (χ3v) is 4.20. The number of hydrogen-bond acceptors (Lipinski definition) is 3. The Balaban J connectivity index is 1.84. The summed E-state index contributed by atoms with van der Waals surface area (Å²) in [7, 11) is 0. The van der Waals surface area contributed by atoms with Gasteiger partial charge in [0, 0.05) is 18.1 Å². The Morgan fingerprint density at radius 2 is 2.15 bits per heavy atom. The molecule has 0 spiro atoms. The fraction of sp³-hybridized carbons (Fsp3) is 0.533. The summed E-state index contributed by atoms with van der Waals surface area (Å²) in [6.45, 7) is 4.42. The maximum Gasteiger partial charge on any atom is 0.260 e. The van der Waals surface area contributed by atoms with E-state index in [9.17, 15) is 4.79 Å². The number of piperidine rings is 1. The fourth-order valence-corrected chi connectivity index (χ4v) is 2.58. The van der Waals surface area contributed by atoms with Crippen LogP contribution in [0.4, 0.5) is 0 Å². The molecule has 1 fully saturated rings. The lowest BCUT2D eigenvalue weighted by atomic mass is 9.87. The van der Waals surface area contributed by atoms with Crippen molar-refractivity contribution in [1.82, 2.24) is 4.90 Å². The van der Waals surface area contributed by atoms with E-state index in [4.69, 9.17) is 22.1 Å². The molecule has 110 valence electrons. The van der Waals surface area contributed by atoms with Crippen molar-refractivity contribution in [2.24, 2.45) is 17.6 Å². The first-order valence-electron chi connectivity index (χ1n) is 6.96. The predicted octanol–water partition coefficient (Wildman–Crippen LogP) is 2.16. The number of nitrogens with two attached hydrogens (primary N) is 1. The van der Waals surface area contributed by atoms with Gasteiger partial charge in [-0.05, 0) is 49.1 Å². The third-order valence-electron chi connectivity index (χ3n) is 3.95. The molecule has 1 aliphatic heterocycles. The second-order valence-electron chi connectivity index (χ2n) is 5.34. The number of benzene rings is 1. The van der Waals surface area contributed by atoms with Crippen molar-refractivity contribution in [2.45, 2.75) is 13.3 Å². The van der Waals surface area contributed by atoms with Gasteiger partial charge in [-0.15, -0.1) is 0 Å². The Morgan fingerprint density at radius 1 is 1.45 bits per heavy atom. The lowest BCUT2D eigenvalue weighted by Gasteiger charge is -2.36. The van der Waals surface area contributed by atoms with Crippen molar-refractivity contribution in [3.05, 3.63) is 29.3 Å². The molecule has 20 heavy (non-hydrogen) atoms. The Kier molecular flexibility index (Phi) is 5.26. The van der Waals surface area contributed by atoms with Crippen LogP contribution in [0, 0.1) is 11.8 Å². The SMILES string of the molecule is CC1CCN(C(=O)COc2ccc(Cl)cc2)CC1CN. The Bertz CT molecular complexity index is 450. The highest BCUT2D eigenvalue weighted by molar-refractivity contribution is 6.30. The summed E-state index contributed by atoms with van der Waals surface area (Å²) in [4.78, 5) is 14.0.